The van der Waals surface area contributed by atoms with Crippen molar-refractivity contribution in [1.82, 2.24) is 0 Å². The van der Waals surface area contributed by atoms with Gasteiger partial charge >= 0.3 is 0 Å². The fourth-order valence-corrected chi connectivity index (χ4v) is 10.9. The Morgan fingerprint density at radius 2 is 0.766 bits per heavy atom. The first-order valence-electron chi connectivity index (χ1n) is 21.9. The third-order valence-electron chi connectivity index (χ3n) is 12.6. The topological polar surface area (TPSA) is 3.24 Å². The first-order chi connectivity index (χ1) is 31.8. The van der Waals surface area contributed by atoms with Crippen LogP contribution in [-0.4, -0.2) is 0 Å². The van der Waals surface area contributed by atoms with Crippen molar-refractivity contribution >= 4 is 70.1 Å². The van der Waals surface area contributed by atoms with Crippen LogP contribution < -0.4 is 4.90 Å². The van der Waals surface area contributed by atoms with Crippen molar-refractivity contribution in [3.63, 3.8) is 0 Å². The first-order valence-corrected chi connectivity index (χ1v) is 22.7. The molecule has 300 valence electrons. The number of benzene rings is 11. The monoisotopic (exact) mass is 831 g/mol. The van der Waals surface area contributed by atoms with Crippen LogP contribution >= 0.6 is 11.3 Å². The van der Waals surface area contributed by atoms with E-state index in [2.05, 4.69) is 254 Å². The fraction of sp³-hybridized carbons (Fsp3) is 0. The molecule has 0 fully saturated rings. The van der Waals surface area contributed by atoms with Crippen molar-refractivity contribution in [3.8, 4) is 55.6 Å². The Hall–Kier alpha value is -8.04. The van der Waals surface area contributed by atoms with Gasteiger partial charge in [0.05, 0.1) is 5.69 Å². The molecule has 0 aliphatic carbocycles. The van der Waals surface area contributed by atoms with Gasteiger partial charge in [-0.15, -0.1) is 11.3 Å². The lowest BCUT2D eigenvalue weighted by atomic mass is 9.84. The van der Waals surface area contributed by atoms with Crippen LogP contribution in [0.15, 0.2) is 249 Å². The minimum atomic E-state index is 1.10. The molecule has 0 N–H and O–H groups in total. The third kappa shape index (κ3) is 6.55. The second-order valence-corrected chi connectivity index (χ2v) is 17.5. The van der Waals surface area contributed by atoms with Gasteiger partial charge in [0.2, 0.25) is 0 Å². The maximum Gasteiger partial charge on any atom is 0.0554 e. The Balaban J connectivity index is 1.10. The average molecular weight is 832 g/mol. The van der Waals surface area contributed by atoms with E-state index in [9.17, 15) is 0 Å². The first kappa shape index (κ1) is 37.7. The standard InChI is InChI=1S/C62H41NS/c1-5-19-42(20-6-1)50-38-36-49(41-55(50)43-21-7-2-8-22-43)63(57-32-18-34-59-62(57)54-31-15-16-33-58(54)64-59)48-28-17-27-46(39-48)47-35-37-52-51-29-13-14-30-53(51)60(44-23-9-3-10-24-44)61(56(52)40-47)45-25-11-4-12-26-45/h1-41H. The lowest BCUT2D eigenvalue weighted by Crippen LogP contribution is -2.11. The van der Waals surface area contributed by atoms with Crippen LogP contribution in [0.4, 0.5) is 17.1 Å². The number of hydrogen-bond acceptors (Lipinski definition) is 2. The summed E-state index contributed by atoms with van der Waals surface area (Å²) in [6.45, 7) is 0. The second kappa shape index (κ2) is 16.0. The molecule has 0 amide bonds. The van der Waals surface area contributed by atoms with Gasteiger partial charge < -0.3 is 4.90 Å². The van der Waals surface area contributed by atoms with E-state index < -0.39 is 0 Å². The zero-order chi connectivity index (χ0) is 42.4. The van der Waals surface area contributed by atoms with Crippen molar-refractivity contribution in [3.05, 3.63) is 249 Å². The van der Waals surface area contributed by atoms with Crippen LogP contribution in [-0.2, 0) is 0 Å². The molecule has 0 aliphatic rings. The van der Waals surface area contributed by atoms with Crippen molar-refractivity contribution in [2.24, 2.45) is 0 Å². The van der Waals surface area contributed by atoms with Gasteiger partial charge in [-0.2, -0.15) is 0 Å². The summed E-state index contributed by atoms with van der Waals surface area (Å²) in [4.78, 5) is 2.48. The summed E-state index contributed by atoms with van der Waals surface area (Å²) >= 11 is 1.86. The molecule has 12 aromatic rings. The molecule has 0 spiro atoms. The maximum atomic E-state index is 2.48. The second-order valence-electron chi connectivity index (χ2n) is 16.4. The Morgan fingerprint density at radius 1 is 0.266 bits per heavy atom. The zero-order valence-electron chi connectivity index (χ0n) is 35.0. The summed E-state index contributed by atoms with van der Waals surface area (Å²) in [7, 11) is 0. The molecular formula is C62H41NS. The molecule has 1 nitrogen and oxygen atoms in total. The molecule has 0 atom stereocenters. The van der Waals surface area contributed by atoms with Crippen LogP contribution in [0.2, 0.25) is 0 Å². The molecular weight excluding hydrogens is 791 g/mol. The van der Waals surface area contributed by atoms with E-state index in [0.717, 1.165) is 22.6 Å². The summed E-state index contributed by atoms with van der Waals surface area (Å²) in [5.74, 6) is 0. The predicted octanol–water partition coefficient (Wildman–Crippen LogP) is 18.2. The molecule has 1 heterocycles. The molecule has 64 heavy (non-hydrogen) atoms. The van der Waals surface area contributed by atoms with Crippen molar-refractivity contribution in [2.45, 2.75) is 0 Å². The fourth-order valence-electron chi connectivity index (χ4n) is 9.77. The SMILES string of the molecule is c1ccc(-c2ccc(N(c3cccc(-c4ccc5c(c4)c(-c4ccccc4)c(-c4ccccc4)c4ccccc45)c3)c3cccc4sc5ccccc5c34)cc2-c2ccccc2)cc1. The van der Waals surface area contributed by atoms with Gasteiger partial charge in [-0.05, 0) is 126 Å². The number of fused-ring (bicyclic) bond motifs is 6. The highest BCUT2D eigenvalue weighted by atomic mass is 32.1. The summed E-state index contributed by atoms with van der Waals surface area (Å²) in [6.07, 6.45) is 0. The normalized spacial score (nSPS) is 11.4. The third-order valence-corrected chi connectivity index (χ3v) is 13.8. The number of thiophene rings is 1. The molecule has 12 rings (SSSR count). The zero-order valence-corrected chi connectivity index (χ0v) is 35.8. The highest BCUT2D eigenvalue weighted by Crippen LogP contribution is 2.49. The summed E-state index contributed by atoms with van der Waals surface area (Å²) in [5.41, 5.74) is 15.4. The van der Waals surface area contributed by atoms with Gasteiger partial charge in [-0.1, -0.05) is 200 Å². The maximum absolute atomic E-state index is 2.48. The van der Waals surface area contributed by atoms with Crippen molar-refractivity contribution in [1.29, 1.82) is 0 Å². The Morgan fingerprint density at radius 3 is 1.47 bits per heavy atom. The van der Waals surface area contributed by atoms with Crippen LogP contribution in [0, 0.1) is 0 Å². The van der Waals surface area contributed by atoms with Gasteiger partial charge in [-0.3, -0.25) is 0 Å². The molecule has 0 saturated carbocycles. The minimum Gasteiger partial charge on any atom is -0.310 e. The molecule has 0 aliphatic heterocycles. The van der Waals surface area contributed by atoms with Crippen LogP contribution in [0.3, 0.4) is 0 Å². The van der Waals surface area contributed by atoms with E-state index in [1.807, 2.05) is 11.3 Å². The Bertz CT molecular complexity index is 3650. The summed E-state index contributed by atoms with van der Waals surface area (Å²) in [6, 6.07) is 91.0. The molecule has 0 bridgehead atoms. The van der Waals surface area contributed by atoms with Gasteiger partial charge in [0.1, 0.15) is 0 Å². The van der Waals surface area contributed by atoms with Crippen molar-refractivity contribution in [2.75, 3.05) is 4.90 Å². The molecule has 1 aromatic heterocycles. The van der Waals surface area contributed by atoms with Gasteiger partial charge in [-0.25, -0.2) is 0 Å². The van der Waals surface area contributed by atoms with Gasteiger partial charge in [0, 0.05) is 31.5 Å². The number of anilines is 3. The molecule has 2 heteroatoms. The highest BCUT2D eigenvalue weighted by Gasteiger charge is 2.22. The van der Waals surface area contributed by atoms with Crippen LogP contribution in [0.25, 0.3) is 97.4 Å². The lowest BCUT2D eigenvalue weighted by Gasteiger charge is -2.28. The van der Waals surface area contributed by atoms with Crippen molar-refractivity contribution < 1.29 is 0 Å². The number of hydrogen-bond donors (Lipinski definition) is 0. The summed E-state index contributed by atoms with van der Waals surface area (Å²) < 4.78 is 2.56. The number of rotatable bonds is 8. The van der Waals surface area contributed by atoms with E-state index in [-0.39, 0.29) is 0 Å². The highest BCUT2D eigenvalue weighted by molar-refractivity contribution is 7.26. The quantitative estimate of drug-likeness (QED) is 0.138. The predicted molar refractivity (Wildman–Crippen MR) is 276 cm³/mol. The summed E-state index contributed by atoms with van der Waals surface area (Å²) in [5, 5.41) is 7.54. The Kier molecular flexibility index (Phi) is 9.43. The number of nitrogens with zero attached hydrogens (tertiary/aromatic N) is 1. The minimum absolute atomic E-state index is 1.10. The average Bonchev–Trinajstić information content (AvgIpc) is 3.76. The molecule has 0 saturated heterocycles. The van der Waals surface area contributed by atoms with E-state index in [1.54, 1.807) is 0 Å². The Labute approximate surface area is 377 Å². The van der Waals surface area contributed by atoms with Gasteiger partial charge in [0.15, 0.2) is 0 Å². The van der Waals surface area contributed by atoms with E-state index in [4.69, 9.17) is 0 Å². The molecule has 11 aromatic carbocycles. The van der Waals surface area contributed by atoms with Gasteiger partial charge in [0.25, 0.3) is 0 Å². The molecule has 0 radical (unpaired) electrons. The van der Waals surface area contributed by atoms with Crippen LogP contribution in [0.1, 0.15) is 0 Å². The smallest absolute Gasteiger partial charge is 0.0554 e. The van der Waals surface area contributed by atoms with Crippen LogP contribution in [0.5, 0.6) is 0 Å². The van der Waals surface area contributed by atoms with E-state index >= 15 is 0 Å². The lowest BCUT2D eigenvalue weighted by molar-refractivity contribution is 1.30. The molecule has 0 unspecified atom stereocenters. The van der Waals surface area contributed by atoms with E-state index in [0.29, 0.717) is 0 Å². The largest absolute Gasteiger partial charge is 0.310 e. The van der Waals surface area contributed by atoms with E-state index in [1.165, 1.54) is 91.8 Å².